The summed E-state index contributed by atoms with van der Waals surface area (Å²) < 4.78 is 0. The van der Waals surface area contributed by atoms with Crippen molar-refractivity contribution in [1.82, 2.24) is 9.88 Å². The van der Waals surface area contributed by atoms with Gasteiger partial charge in [-0.25, -0.2) is 4.98 Å². The summed E-state index contributed by atoms with van der Waals surface area (Å²) in [7, 11) is 0. The van der Waals surface area contributed by atoms with Crippen LogP contribution in [0.4, 0.5) is 5.82 Å². The predicted octanol–water partition coefficient (Wildman–Crippen LogP) is -1.44. The van der Waals surface area contributed by atoms with Gasteiger partial charge >= 0.3 is 0 Å². The van der Waals surface area contributed by atoms with Crippen molar-refractivity contribution in [2.45, 2.75) is 24.8 Å². The molecule has 0 radical (unpaired) electrons. The fraction of sp³-hybridized carbons (Fsp3) is 0.545. The van der Waals surface area contributed by atoms with Crippen molar-refractivity contribution < 1.29 is 15.3 Å². The van der Waals surface area contributed by atoms with Crippen LogP contribution in [0.5, 0.6) is 0 Å². The third-order valence-electron chi connectivity index (χ3n) is 3.17. The second kappa shape index (κ2) is 4.97. The lowest BCUT2D eigenvalue weighted by Gasteiger charge is -2.24. The van der Waals surface area contributed by atoms with Gasteiger partial charge < -0.3 is 21.1 Å². The lowest BCUT2D eigenvalue weighted by atomic mass is 10.1. The van der Waals surface area contributed by atoms with Crippen LogP contribution in [-0.2, 0) is 6.54 Å². The molecule has 1 aromatic heterocycles. The molecule has 1 aliphatic rings. The first kappa shape index (κ1) is 12.3. The van der Waals surface area contributed by atoms with Crippen LogP contribution in [0.15, 0.2) is 18.3 Å². The van der Waals surface area contributed by atoms with E-state index in [9.17, 15) is 15.3 Å². The molecule has 94 valence electrons. The summed E-state index contributed by atoms with van der Waals surface area (Å²) in [6.07, 6.45) is -0.140. The quantitative estimate of drug-likeness (QED) is 0.515. The summed E-state index contributed by atoms with van der Waals surface area (Å²) in [6, 6.07) is 3.17. The van der Waals surface area contributed by atoms with Gasteiger partial charge in [-0.2, -0.15) is 0 Å². The highest BCUT2D eigenvalue weighted by Crippen LogP contribution is 2.22. The number of nitrogens with two attached hydrogens (primary N) is 1. The van der Waals surface area contributed by atoms with Gasteiger partial charge in [0.1, 0.15) is 5.82 Å². The maximum Gasteiger partial charge on any atom is 0.127 e. The van der Waals surface area contributed by atoms with Crippen LogP contribution >= 0.6 is 0 Å². The van der Waals surface area contributed by atoms with E-state index in [-0.39, 0.29) is 6.61 Å². The third-order valence-corrected chi connectivity index (χ3v) is 3.17. The van der Waals surface area contributed by atoms with E-state index in [0.29, 0.717) is 18.9 Å². The van der Waals surface area contributed by atoms with E-state index in [1.165, 1.54) is 0 Å². The van der Waals surface area contributed by atoms with Gasteiger partial charge in [-0.3, -0.25) is 4.90 Å². The van der Waals surface area contributed by atoms with E-state index in [1.54, 1.807) is 12.3 Å². The van der Waals surface area contributed by atoms with Gasteiger partial charge in [-0.15, -0.1) is 0 Å². The van der Waals surface area contributed by atoms with Gasteiger partial charge in [0.05, 0.1) is 24.9 Å². The Labute approximate surface area is 99.3 Å². The fourth-order valence-corrected chi connectivity index (χ4v) is 2.16. The molecular formula is C11H17N3O3. The third kappa shape index (κ3) is 2.39. The molecule has 2 rings (SSSR count). The highest BCUT2D eigenvalue weighted by Gasteiger charge is 2.39. The van der Waals surface area contributed by atoms with E-state index >= 15 is 0 Å². The van der Waals surface area contributed by atoms with E-state index < -0.39 is 18.2 Å². The molecule has 1 saturated heterocycles. The van der Waals surface area contributed by atoms with E-state index in [4.69, 9.17) is 5.73 Å². The molecule has 1 fully saturated rings. The zero-order valence-electron chi connectivity index (χ0n) is 9.40. The van der Waals surface area contributed by atoms with E-state index in [2.05, 4.69) is 4.98 Å². The van der Waals surface area contributed by atoms with Crippen molar-refractivity contribution >= 4 is 5.82 Å². The molecule has 6 heteroatoms. The van der Waals surface area contributed by atoms with Gasteiger partial charge in [0, 0.05) is 24.8 Å². The molecule has 0 saturated carbocycles. The number of aliphatic hydroxyl groups is 3. The minimum atomic E-state index is -0.919. The first-order chi connectivity index (χ1) is 8.13. The molecule has 0 unspecified atom stereocenters. The van der Waals surface area contributed by atoms with Crippen molar-refractivity contribution in [3.63, 3.8) is 0 Å². The van der Waals surface area contributed by atoms with Gasteiger partial charge in [0.15, 0.2) is 0 Å². The SMILES string of the molecule is Nc1ncccc1CN1C[C@H](O)[C@H](O)[C@H]1CO. The van der Waals surface area contributed by atoms with Gasteiger partial charge in [0.25, 0.3) is 0 Å². The molecule has 5 N–H and O–H groups in total. The van der Waals surface area contributed by atoms with Crippen molar-refractivity contribution in [3.8, 4) is 0 Å². The Hall–Kier alpha value is -1.21. The van der Waals surface area contributed by atoms with Crippen LogP contribution in [0.2, 0.25) is 0 Å². The highest BCUT2D eigenvalue weighted by molar-refractivity contribution is 5.38. The summed E-state index contributed by atoms with van der Waals surface area (Å²) in [5.41, 5.74) is 6.56. The fourth-order valence-electron chi connectivity index (χ4n) is 2.16. The molecule has 2 heterocycles. The van der Waals surface area contributed by atoms with Gasteiger partial charge in [-0.1, -0.05) is 6.07 Å². The summed E-state index contributed by atoms with van der Waals surface area (Å²) in [5, 5.41) is 28.5. The lowest BCUT2D eigenvalue weighted by molar-refractivity contribution is 0.0210. The average Bonchev–Trinajstić information content (AvgIpc) is 2.58. The number of pyridine rings is 1. The Morgan fingerprint density at radius 3 is 2.88 bits per heavy atom. The van der Waals surface area contributed by atoms with Crippen LogP contribution in [0, 0.1) is 0 Å². The van der Waals surface area contributed by atoms with Gasteiger partial charge in [0.2, 0.25) is 0 Å². The number of nitrogen functional groups attached to an aromatic ring is 1. The average molecular weight is 239 g/mol. The highest BCUT2D eigenvalue weighted by atomic mass is 16.3. The minimum Gasteiger partial charge on any atom is -0.395 e. The largest absolute Gasteiger partial charge is 0.395 e. The van der Waals surface area contributed by atoms with Crippen molar-refractivity contribution in [2.75, 3.05) is 18.9 Å². The van der Waals surface area contributed by atoms with Gasteiger partial charge in [-0.05, 0) is 6.07 Å². The normalized spacial score (nSPS) is 29.7. The second-order valence-electron chi connectivity index (χ2n) is 4.29. The molecule has 3 atom stereocenters. The molecule has 1 aliphatic heterocycles. The number of aliphatic hydroxyl groups excluding tert-OH is 3. The zero-order chi connectivity index (χ0) is 12.4. The summed E-state index contributed by atoms with van der Waals surface area (Å²) in [4.78, 5) is 5.78. The Kier molecular flexibility index (Phi) is 3.58. The zero-order valence-corrected chi connectivity index (χ0v) is 9.40. The van der Waals surface area contributed by atoms with Crippen LogP contribution in [0.3, 0.4) is 0 Å². The Morgan fingerprint density at radius 1 is 1.47 bits per heavy atom. The van der Waals surface area contributed by atoms with Crippen molar-refractivity contribution in [3.05, 3.63) is 23.9 Å². The smallest absolute Gasteiger partial charge is 0.127 e. The number of nitrogens with zero attached hydrogens (tertiary/aromatic N) is 2. The molecule has 0 bridgehead atoms. The summed E-state index contributed by atoms with van der Waals surface area (Å²) >= 11 is 0. The summed E-state index contributed by atoms with van der Waals surface area (Å²) in [5.74, 6) is 0.431. The molecule has 1 aromatic rings. The van der Waals surface area contributed by atoms with Crippen molar-refractivity contribution in [1.29, 1.82) is 0 Å². The Morgan fingerprint density at radius 2 is 2.24 bits per heavy atom. The maximum atomic E-state index is 9.68. The predicted molar refractivity (Wildman–Crippen MR) is 61.9 cm³/mol. The number of rotatable bonds is 3. The van der Waals surface area contributed by atoms with Crippen molar-refractivity contribution in [2.24, 2.45) is 0 Å². The summed E-state index contributed by atoms with van der Waals surface area (Å²) in [6.45, 7) is 0.581. The van der Waals surface area contributed by atoms with E-state index in [1.807, 2.05) is 11.0 Å². The molecule has 6 nitrogen and oxygen atoms in total. The number of hydrogen-bond acceptors (Lipinski definition) is 6. The Balaban J connectivity index is 2.11. The number of anilines is 1. The molecule has 0 aliphatic carbocycles. The Bertz CT molecular complexity index is 388. The molecule has 0 amide bonds. The topological polar surface area (TPSA) is 103 Å². The first-order valence-electron chi connectivity index (χ1n) is 5.54. The monoisotopic (exact) mass is 239 g/mol. The molecule has 17 heavy (non-hydrogen) atoms. The second-order valence-corrected chi connectivity index (χ2v) is 4.29. The number of β-amino-alcohol motifs (C(OH)–C–C–N with tert-alkyl or cyclic N) is 1. The van der Waals surface area contributed by atoms with Crippen LogP contribution in [0.1, 0.15) is 5.56 Å². The number of likely N-dealkylation sites (tertiary alicyclic amines) is 1. The van der Waals surface area contributed by atoms with Crippen LogP contribution in [0.25, 0.3) is 0 Å². The van der Waals surface area contributed by atoms with Crippen LogP contribution in [-0.4, -0.2) is 56.6 Å². The first-order valence-corrected chi connectivity index (χ1v) is 5.54. The molecule has 0 spiro atoms. The van der Waals surface area contributed by atoms with Crippen LogP contribution < -0.4 is 5.73 Å². The number of aromatic nitrogens is 1. The molecular weight excluding hydrogens is 222 g/mol. The molecule has 0 aromatic carbocycles. The van der Waals surface area contributed by atoms with E-state index in [0.717, 1.165) is 5.56 Å². The minimum absolute atomic E-state index is 0.196. The maximum absolute atomic E-state index is 9.68. The number of hydrogen-bond donors (Lipinski definition) is 4. The standard InChI is InChI=1S/C11H17N3O3/c12-11-7(2-1-3-13-11)4-14-5-9(16)10(17)8(14)6-15/h1-3,8-10,15-17H,4-6H2,(H2,12,13)/t8-,9+,10-/m1/s1. The lowest BCUT2D eigenvalue weighted by Crippen LogP contribution is -2.38.